The minimum Gasteiger partial charge on any atom is -0.352 e. The summed E-state index contributed by atoms with van der Waals surface area (Å²) in [5.41, 5.74) is 0. The average Bonchev–Trinajstić information content (AvgIpc) is 2.40. The van der Waals surface area contributed by atoms with Crippen molar-refractivity contribution < 1.29 is 9.47 Å². The minimum absolute atomic E-state index is 0.0364. The molecule has 1 saturated carbocycles. The molecule has 1 heterocycles. The van der Waals surface area contributed by atoms with Crippen molar-refractivity contribution in [2.45, 2.75) is 57.1 Å². The molecule has 1 aliphatic carbocycles. The minimum atomic E-state index is -0.0364. The van der Waals surface area contributed by atoms with Crippen LogP contribution >= 0.6 is 11.8 Å². The molecule has 0 bridgehead atoms. The van der Waals surface area contributed by atoms with Crippen molar-refractivity contribution in [2.75, 3.05) is 32.1 Å². The fourth-order valence-electron chi connectivity index (χ4n) is 3.12. The van der Waals surface area contributed by atoms with Crippen LogP contribution in [0.3, 0.4) is 0 Å². The van der Waals surface area contributed by atoms with Crippen molar-refractivity contribution in [3.8, 4) is 0 Å². The lowest BCUT2D eigenvalue weighted by Crippen LogP contribution is -2.52. The lowest BCUT2D eigenvalue weighted by atomic mass is 9.93. The van der Waals surface area contributed by atoms with Gasteiger partial charge in [0.2, 0.25) is 0 Å². The van der Waals surface area contributed by atoms with Gasteiger partial charge in [0.15, 0.2) is 6.29 Å². The molecular weight excluding hydrogens is 246 g/mol. The van der Waals surface area contributed by atoms with Gasteiger partial charge >= 0.3 is 0 Å². The maximum absolute atomic E-state index is 5.69. The molecule has 0 amide bonds. The van der Waals surface area contributed by atoms with Crippen LogP contribution in [0, 0.1) is 0 Å². The van der Waals surface area contributed by atoms with Crippen LogP contribution < -0.4 is 0 Å². The molecule has 4 heteroatoms. The van der Waals surface area contributed by atoms with Gasteiger partial charge < -0.3 is 9.47 Å². The van der Waals surface area contributed by atoms with Crippen molar-refractivity contribution in [1.82, 2.24) is 4.90 Å². The highest BCUT2D eigenvalue weighted by molar-refractivity contribution is 8.00. The van der Waals surface area contributed by atoms with E-state index in [9.17, 15) is 0 Å². The standard InChI is InChI=1S/C14H27NO2S/c1-3-16-14(17-4-2)11-15-9-10-18-13-8-6-5-7-12(13)15/h12-14H,3-11H2,1-2H3/t12-,13-/m0/s1. The monoisotopic (exact) mass is 273 g/mol. The van der Waals surface area contributed by atoms with Gasteiger partial charge in [-0.15, -0.1) is 0 Å². The molecule has 2 rings (SSSR count). The molecular formula is C14H27NO2S. The van der Waals surface area contributed by atoms with E-state index in [4.69, 9.17) is 9.47 Å². The summed E-state index contributed by atoms with van der Waals surface area (Å²) in [5, 5.41) is 0.858. The van der Waals surface area contributed by atoms with E-state index in [0.717, 1.165) is 31.1 Å². The summed E-state index contributed by atoms with van der Waals surface area (Å²) in [5.74, 6) is 1.27. The zero-order chi connectivity index (χ0) is 12.8. The topological polar surface area (TPSA) is 21.7 Å². The zero-order valence-corrected chi connectivity index (χ0v) is 12.6. The Balaban J connectivity index is 1.88. The number of hydrogen-bond donors (Lipinski definition) is 0. The smallest absolute Gasteiger partial charge is 0.170 e. The number of rotatable bonds is 6. The SMILES string of the molecule is CCOC(CN1CCS[C@H]2CCCC[C@@H]21)OCC. The van der Waals surface area contributed by atoms with Gasteiger partial charge in [0, 0.05) is 43.3 Å². The summed E-state index contributed by atoms with van der Waals surface area (Å²) < 4.78 is 11.4. The third kappa shape index (κ3) is 3.86. The van der Waals surface area contributed by atoms with E-state index in [1.807, 2.05) is 13.8 Å². The Hall–Kier alpha value is 0.230. The van der Waals surface area contributed by atoms with E-state index in [1.54, 1.807) is 0 Å². The quantitative estimate of drug-likeness (QED) is 0.694. The van der Waals surface area contributed by atoms with Crippen LogP contribution in [-0.4, -0.2) is 54.5 Å². The lowest BCUT2D eigenvalue weighted by Gasteiger charge is -2.44. The molecule has 2 atom stereocenters. The van der Waals surface area contributed by atoms with Crippen LogP contribution in [0.5, 0.6) is 0 Å². The molecule has 0 N–H and O–H groups in total. The summed E-state index contributed by atoms with van der Waals surface area (Å²) in [6.07, 6.45) is 5.54. The van der Waals surface area contributed by atoms with Crippen molar-refractivity contribution >= 4 is 11.8 Å². The Morgan fingerprint density at radius 1 is 1.17 bits per heavy atom. The van der Waals surface area contributed by atoms with Gasteiger partial charge in [-0.1, -0.05) is 12.8 Å². The fraction of sp³-hybridized carbons (Fsp3) is 1.00. The van der Waals surface area contributed by atoms with E-state index in [0.29, 0.717) is 0 Å². The molecule has 2 fully saturated rings. The lowest BCUT2D eigenvalue weighted by molar-refractivity contribution is -0.151. The van der Waals surface area contributed by atoms with Crippen LogP contribution in [0.4, 0.5) is 0 Å². The van der Waals surface area contributed by atoms with Crippen LogP contribution in [0.25, 0.3) is 0 Å². The predicted octanol–water partition coefficient (Wildman–Crippen LogP) is 2.75. The Morgan fingerprint density at radius 3 is 2.61 bits per heavy atom. The van der Waals surface area contributed by atoms with Crippen molar-refractivity contribution in [1.29, 1.82) is 0 Å². The largest absolute Gasteiger partial charge is 0.352 e. The Kier molecular flexibility index (Phi) is 6.29. The molecule has 2 aliphatic rings. The molecule has 3 nitrogen and oxygen atoms in total. The second kappa shape index (κ2) is 7.73. The molecule has 18 heavy (non-hydrogen) atoms. The predicted molar refractivity (Wildman–Crippen MR) is 77.1 cm³/mol. The first-order chi connectivity index (χ1) is 8.85. The number of ether oxygens (including phenoxy) is 2. The van der Waals surface area contributed by atoms with Gasteiger partial charge in [-0.3, -0.25) is 4.90 Å². The Morgan fingerprint density at radius 2 is 1.89 bits per heavy atom. The number of hydrogen-bond acceptors (Lipinski definition) is 4. The van der Waals surface area contributed by atoms with Crippen LogP contribution in [0.15, 0.2) is 0 Å². The number of fused-ring (bicyclic) bond motifs is 1. The third-order valence-electron chi connectivity index (χ3n) is 3.94. The highest BCUT2D eigenvalue weighted by Crippen LogP contribution is 2.35. The number of nitrogens with zero attached hydrogens (tertiary/aromatic N) is 1. The van der Waals surface area contributed by atoms with Gasteiger partial charge in [0.1, 0.15) is 0 Å². The van der Waals surface area contributed by atoms with Crippen molar-refractivity contribution in [3.63, 3.8) is 0 Å². The molecule has 106 valence electrons. The van der Waals surface area contributed by atoms with E-state index in [1.165, 1.54) is 38.0 Å². The molecule has 1 aliphatic heterocycles. The second-order valence-electron chi connectivity index (χ2n) is 5.10. The fourth-order valence-corrected chi connectivity index (χ4v) is 4.63. The van der Waals surface area contributed by atoms with E-state index in [-0.39, 0.29) is 6.29 Å². The van der Waals surface area contributed by atoms with E-state index >= 15 is 0 Å². The van der Waals surface area contributed by atoms with Crippen LogP contribution in [-0.2, 0) is 9.47 Å². The third-order valence-corrected chi connectivity index (χ3v) is 5.33. The average molecular weight is 273 g/mol. The first-order valence-corrected chi connectivity index (χ1v) is 8.48. The summed E-state index contributed by atoms with van der Waals surface area (Å²) in [7, 11) is 0. The molecule has 0 spiro atoms. The summed E-state index contributed by atoms with van der Waals surface area (Å²) >= 11 is 2.18. The van der Waals surface area contributed by atoms with Gasteiger partial charge in [-0.25, -0.2) is 0 Å². The Labute approximate surface area is 116 Å². The molecule has 0 unspecified atom stereocenters. The maximum atomic E-state index is 5.69. The number of thioether (sulfide) groups is 1. The van der Waals surface area contributed by atoms with Crippen molar-refractivity contribution in [2.24, 2.45) is 0 Å². The van der Waals surface area contributed by atoms with E-state index < -0.39 is 0 Å². The molecule has 0 aromatic carbocycles. The molecule has 0 radical (unpaired) electrons. The van der Waals surface area contributed by atoms with Crippen LogP contribution in [0.2, 0.25) is 0 Å². The highest BCUT2D eigenvalue weighted by atomic mass is 32.2. The maximum Gasteiger partial charge on any atom is 0.170 e. The molecule has 0 aromatic rings. The highest BCUT2D eigenvalue weighted by Gasteiger charge is 2.34. The first kappa shape index (κ1) is 14.6. The summed E-state index contributed by atoms with van der Waals surface area (Å²) in [6, 6.07) is 0.765. The summed E-state index contributed by atoms with van der Waals surface area (Å²) in [4.78, 5) is 2.62. The van der Waals surface area contributed by atoms with E-state index in [2.05, 4.69) is 16.7 Å². The molecule has 0 aromatic heterocycles. The zero-order valence-electron chi connectivity index (χ0n) is 11.8. The van der Waals surface area contributed by atoms with Gasteiger partial charge in [0.05, 0.1) is 0 Å². The second-order valence-corrected chi connectivity index (χ2v) is 6.44. The van der Waals surface area contributed by atoms with Gasteiger partial charge in [-0.2, -0.15) is 11.8 Å². The van der Waals surface area contributed by atoms with Crippen LogP contribution in [0.1, 0.15) is 39.5 Å². The summed E-state index contributed by atoms with van der Waals surface area (Å²) in [6.45, 7) is 7.71. The van der Waals surface area contributed by atoms with Gasteiger partial charge in [-0.05, 0) is 26.7 Å². The first-order valence-electron chi connectivity index (χ1n) is 7.44. The van der Waals surface area contributed by atoms with Gasteiger partial charge in [0.25, 0.3) is 0 Å². The molecule has 1 saturated heterocycles. The van der Waals surface area contributed by atoms with Crippen molar-refractivity contribution in [3.05, 3.63) is 0 Å². The normalized spacial score (nSPS) is 29.5. The Bertz CT molecular complexity index is 232.